The first-order chi connectivity index (χ1) is 20.4. The van der Waals surface area contributed by atoms with Crippen LogP contribution in [-0.2, 0) is 23.1 Å². The molecule has 10 heteroatoms. The Kier molecular flexibility index (Phi) is 10.00. The van der Waals surface area contributed by atoms with Crippen LogP contribution in [0.2, 0.25) is 0 Å². The molecule has 0 fully saturated rings. The molecule has 3 heterocycles. The normalized spacial score (nSPS) is 12.5. The SMILES string of the molecule is COC(=O)c1cc(OC)c2c(c1)nc(-c1cc3ccc(C=NSC(C)(C)C)nc3n1CCCCCCC(C)(C)C=O)n2C. The highest BCUT2D eigenvalue weighted by Gasteiger charge is 2.22. The van der Waals surface area contributed by atoms with E-state index in [1.165, 1.54) is 19.1 Å². The van der Waals surface area contributed by atoms with E-state index >= 15 is 0 Å². The lowest BCUT2D eigenvalue weighted by Gasteiger charge is -2.16. The Labute approximate surface area is 258 Å². The van der Waals surface area contributed by atoms with Crippen LogP contribution in [0.1, 0.15) is 82.8 Å². The summed E-state index contributed by atoms with van der Waals surface area (Å²) in [7, 11) is 4.90. The van der Waals surface area contributed by atoms with Gasteiger partial charge < -0.3 is 23.4 Å². The average Bonchev–Trinajstić information content (AvgIpc) is 3.49. The van der Waals surface area contributed by atoms with E-state index in [-0.39, 0.29) is 10.2 Å². The number of carbonyl (C=O) groups is 2. The molecule has 0 bridgehead atoms. The standard InChI is InChI=1S/C33H43N5O4S/c1-32(2,3)43-34-20-24-14-13-22-18-26(38(29(22)35-24)16-12-10-9-11-15-33(4,5)21-39)30-36-25-17-23(31(40)42-8)19-27(41-7)28(25)37(30)6/h13-14,17-21H,9-12,15-16H2,1-8H3. The van der Waals surface area contributed by atoms with Crippen molar-refractivity contribution in [1.82, 2.24) is 19.1 Å². The third-order valence-electron chi connectivity index (χ3n) is 7.35. The Morgan fingerprint density at radius 1 is 1.02 bits per heavy atom. The lowest BCUT2D eigenvalue weighted by Crippen LogP contribution is -2.12. The smallest absolute Gasteiger partial charge is 0.338 e. The van der Waals surface area contributed by atoms with Gasteiger partial charge in [-0.2, -0.15) is 0 Å². The molecule has 4 aromatic rings. The van der Waals surface area contributed by atoms with Crippen molar-refractivity contribution >= 4 is 52.5 Å². The lowest BCUT2D eigenvalue weighted by molar-refractivity contribution is -0.115. The number of unbranched alkanes of at least 4 members (excludes halogenated alkanes) is 3. The van der Waals surface area contributed by atoms with E-state index in [0.717, 1.165) is 78.7 Å². The molecule has 0 spiro atoms. The van der Waals surface area contributed by atoms with Crippen LogP contribution in [0.25, 0.3) is 33.6 Å². The number of ether oxygens (including phenoxy) is 2. The van der Waals surface area contributed by atoms with Crippen molar-refractivity contribution in [2.45, 2.75) is 78.0 Å². The second kappa shape index (κ2) is 13.3. The number of rotatable bonds is 13. The first-order valence-electron chi connectivity index (χ1n) is 14.7. The summed E-state index contributed by atoms with van der Waals surface area (Å²) in [4.78, 5) is 33.6. The zero-order valence-corrected chi connectivity index (χ0v) is 27.4. The van der Waals surface area contributed by atoms with Crippen LogP contribution in [0.4, 0.5) is 0 Å². The van der Waals surface area contributed by atoms with Gasteiger partial charge in [-0.1, -0.05) is 33.1 Å². The van der Waals surface area contributed by atoms with Crippen molar-refractivity contribution in [2.24, 2.45) is 16.9 Å². The minimum Gasteiger partial charge on any atom is -0.494 e. The van der Waals surface area contributed by atoms with E-state index in [4.69, 9.17) is 19.4 Å². The Balaban J connectivity index is 1.74. The summed E-state index contributed by atoms with van der Waals surface area (Å²) in [5.74, 6) is 0.855. The summed E-state index contributed by atoms with van der Waals surface area (Å²) in [5, 5.41) is 1.01. The van der Waals surface area contributed by atoms with Crippen molar-refractivity contribution in [3.8, 4) is 17.3 Å². The minimum atomic E-state index is -0.443. The van der Waals surface area contributed by atoms with Gasteiger partial charge in [0.05, 0.1) is 42.9 Å². The molecule has 0 N–H and O–H groups in total. The monoisotopic (exact) mass is 605 g/mol. The maximum atomic E-state index is 12.3. The van der Waals surface area contributed by atoms with Gasteiger partial charge in [0.25, 0.3) is 0 Å². The minimum absolute atomic E-state index is 0.0178. The number of imidazole rings is 1. The maximum Gasteiger partial charge on any atom is 0.338 e. The van der Waals surface area contributed by atoms with Crippen LogP contribution >= 0.6 is 11.9 Å². The molecule has 0 aliphatic rings. The van der Waals surface area contributed by atoms with E-state index in [2.05, 4.69) is 41.9 Å². The van der Waals surface area contributed by atoms with Crippen molar-refractivity contribution in [3.63, 3.8) is 0 Å². The van der Waals surface area contributed by atoms with Crippen LogP contribution in [0.15, 0.2) is 34.7 Å². The number of nitrogens with zero attached hydrogens (tertiary/aromatic N) is 5. The fourth-order valence-corrected chi connectivity index (χ4v) is 5.53. The number of hydrogen-bond donors (Lipinski definition) is 0. The highest BCUT2D eigenvalue weighted by molar-refractivity contribution is 7.99. The predicted octanol–water partition coefficient (Wildman–Crippen LogP) is 7.43. The molecule has 3 aromatic heterocycles. The van der Waals surface area contributed by atoms with Crippen molar-refractivity contribution in [1.29, 1.82) is 0 Å². The largest absolute Gasteiger partial charge is 0.494 e. The maximum absolute atomic E-state index is 12.3. The summed E-state index contributed by atoms with van der Waals surface area (Å²) < 4.78 is 19.4. The number of pyridine rings is 1. The Morgan fingerprint density at radius 2 is 1.77 bits per heavy atom. The van der Waals surface area contributed by atoms with Crippen LogP contribution in [0.5, 0.6) is 5.75 Å². The summed E-state index contributed by atoms with van der Waals surface area (Å²) >= 11 is 1.52. The van der Waals surface area contributed by atoms with Crippen LogP contribution < -0.4 is 4.74 Å². The molecule has 0 unspecified atom stereocenters. The Bertz CT molecular complexity index is 1640. The fourth-order valence-electron chi connectivity index (χ4n) is 5.06. The molecule has 0 radical (unpaired) electrons. The van der Waals surface area contributed by atoms with Crippen molar-refractivity contribution in [3.05, 3.63) is 41.6 Å². The van der Waals surface area contributed by atoms with E-state index in [0.29, 0.717) is 16.8 Å². The topological polar surface area (TPSA) is 101 Å². The van der Waals surface area contributed by atoms with Crippen molar-refractivity contribution < 1.29 is 19.1 Å². The molecule has 0 saturated carbocycles. The average molecular weight is 606 g/mol. The number of carbonyl (C=O) groups excluding carboxylic acids is 2. The molecule has 230 valence electrons. The van der Waals surface area contributed by atoms with Crippen molar-refractivity contribution in [2.75, 3.05) is 14.2 Å². The van der Waals surface area contributed by atoms with Gasteiger partial charge in [-0.05, 0) is 75.9 Å². The zero-order valence-electron chi connectivity index (χ0n) is 26.6. The zero-order chi connectivity index (χ0) is 31.4. The number of aryl methyl sites for hydroxylation is 2. The number of esters is 1. The molecule has 43 heavy (non-hydrogen) atoms. The molecule has 0 amide bonds. The summed E-state index contributed by atoms with van der Waals surface area (Å²) in [6.07, 6.45) is 7.82. The molecule has 0 saturated heterocycles. The number of benzene rings is 1. The third-order valence-corrected chi connectivity index (χ3v) is 8.11. The lowest BCUT2D eigenvalue weighted by atomic mass is 9.89. The number of hydrogen-bond acceptors (Lipinski definition) is 8. The molecule has 0 aliphatic heterocycles. The molecular formula is C33H43N5O4S. The Hall–Kier alpha value is -3.66. The van der Waals surface area contributed by atoms with Crippen LogP contribution in [0, 0.1) is 5.41 Å². The Morgan fingerprint density at radius 3 is 2.44 bits per heavy atom. The first kappa shape index (κ1) is 32.3. The van der Waals surface area contributed by atoms with Gasteiger partial charge in [0.1, 0.15) is 23.2 Å². The number of methoxy groups -OCH3 is 2. The summed E-state index contributed by atoms with van der Waals surface area (Å²) in [6.45, 7) is 11.1. The summed E-state index contributed by atoms with van der Waals surface area (Å²) in [5.41, 5.74) is 4.14. The molecule has 9 nitrogen and oxygen atoms in total. The van der Waals surface area contributed by atoms with E-state index in [1.54, 1.807) is 19.2 Å². The van der Waals surface area contributed by atoms with Gasteiger partial charge in [-0.25, -0.2) is 19.2 Å². The van der Waals surface area contributed by atoms with E-state index in [1.807, 2.05) is 37.7 Å². The number of aldehydes is 1. The molecule has 0 aliphatic carbocycles. The number of aromatic nitrogens is 4. The summed E-state index contributed by atoms with van der Waals surface area (Å²) in [6, 6.07) is 9.60. The van der Waals surface area contributed by atoms with Crippen LogP contribution in [-0.4, -0.2) is 56.5 Å². The van der Waals surface area contributed by atoms with E-state index < -0.39 is 5.97 Å². The molecular weight excluding hydrogens is 562 g/mol. The highest BCUT2D eigenvalue weighted by Crippen LogP contribution is 2.34. The molecule has 1 aromatic carbocycles. The predicted molar refractivity (Wildman–Crippen MR) is 175 cm³/mol. The second-order valence-electron chi connectivity index (χ2n) is 12.6. The molecule has 4 rings (SSSR count). The quantitative estimate of drug-likeness (QED) is 0.0514. The highest BCUT2D eigenvalue weighted by atomic mass is 32.2. The van der Waals surface area contributed by atoms with Gasteiger partial charge in [0.15, 0.2) is 5.82 Å². The van der Waals surface area contributed by atoms with Gasteiger partial charge >= 0.3 is 5.97 Å². The van der Waals surface area contributed by atoms with Gasteiger partial charge in [0.2, 0.25) is 0 Å². The van der Waals surface area contributed by atoms with Gasteiger partial charge in [-0.3, -0.25) is 0 Å². The van der Waals surface area contributed by atoms with E-state index in [9.17, 15) is 9.59 Å². The number of fused-ring (bicyclic) bond motifs is 2. The van der Waals surface area contributed by atoms with Gasteiger partial charge in [-0.15, -0.1) is 0 Å². The van der Waals surface area contributed by atoms with Gasteiger partial charge in [0, 0.05) is 29.1 Å². The third kappa shape index (κ3) is 7.65. The first-order valence-corrected chi connectivity index (χ1v) is 15.5. The second-order valence-corrected chi connectivity index (χ2v) is 14.2. The van der Waals surface area contributed by atoms with Crippen LogP contribution in [0.3, 0.4) is 0 Å². The fraction of sp³-hybridized carbons (Fsp3) is 0.485. The molecule has 0 atom stereocenters.